The van der Waals surface area contributed by atoms with Crippen LogP contribution in [0.2, 0.25) is 0 Å². The average molecular weight is 220 g/mol. The van der Waals surface area contributed by atoms with Gasteiger partial charge in [0, 0.05) is 5.92 Å². The predicted molar refractivity (Wildman–Crippen MR) is 59.6 cm³/mol. The lowest BCUT2D eigenvalue weighted by Gasteiger charge is -2.53. The summed E-state index contributed by atoms with van der Waals surface area (Å²) in [5.41, 5.74) is 0.556. The molecule has 2 heteroatoms. The molecule has 0 heterocycles. The number of carbonyl (C=O) groups excluding carboxylic acids is 1. The molecule has 4 saturated carbocycles. The van der Waals surface area contributed by atoms with Crippen molar-refractivity contribution in [1.82, 2.24) is 0 Å². The van der Waals surface area contributed by atoms with E-state index in [4.69, 9.17) is 4.74 Å². The smallest absolute Gasteiger partial charge is 0.293 e. The summed E-state index contributed by atoms with van der Waals surface area (Å²) < 4.78 is 5.67. The van der Waals surface area contributed by atoms with E-state index in [1.807, 2.05) is 0 Å². The van der Waals surface area contributed by atoms with Gasteiger partial charge in [0.25, 0.3) is 6.47 Å². The van der Waals surface area contributed by atoms with E-state index in [1.165, 1.54) is 32.1 Å². The molecule has 88 valence electrons. The van der Waals surface area contributed by atoms with E-state index in [-0.39, 0.29) is 5.60 Å². The van der Waals surface area contributed by atoms with Gasteiger partial charge < -0.3 is 4.74 Å². The molecular formula is C14H20O2. The lowest BCUT2D eigenvalue weighted by molar-refractivity contribution is -0.170. The summed E-state index contributed by atoms with van der Waals surface area (Å²) in [6, 6.07) is 0. The Morgan fingerprint density at radius 2 is 2.06 bits per heavy atom. The van der Waals surface area contributed by atoms with Gasteiger partial charge in [-0.25, -0.2) is 0 Å². The number of ether oxygens (including phenoxy) is 1. The molecule has 0 aromatic carbocycles. The summed E-state index contributed by atoms with van der Waals surface area (Å²) in [5.74, 6) is 3.32. The van der Waals surface area contributed by atoms with Gasteiger partial charge in [-0.15, -0.1) is 0 Å². The number of hydrogen-bond acceptors (Lipinski definition) is 2. The molecule has 4 fully saturated rings. The first-order chi connectivity index (χ1) is 7.75. The van der Waals surface area contributed by atoms with Crippen LogP contribution in [0.15, 0.2) is 0 Å². The molecule has 0 aromatic heterocycles. The predicted octanol–water partition coefficient (Wildman–Crippen LogP) is 2.76. The summed E-state index contributed by atoms with van der Waals surface area (Å²) in [5, 5.41) is 0. The first-order valence-corrected chi connectivity index (χ1v) is 6.86. The van der Waals surface area contributed by atoms with Crippen molar-refractivity contribution in [2.24, 2.45) is 29.1 Å². The third-order valence-corrected chi connectivity index (χ3v) is 6.66. The minimum absolute atomic E-state index is 0.0621. The van der Waals surface area contributed by atoms with Crippen LogP contribution in [0.3, 0.4) is 0 Å². The van der Waals surface area contributed by atoms with Gasteiger partial charge in [0.1, 0.15) is 5.60 Å². The minimum Gasteiger partial charge on any atom is -0.461 e. The average Bonchev–Trinajstić information content (AvgIpc) is 2.56. The first kappa shape index (κ1) is 9.49. The van der Waals surface area contributed by atoms with Crippen molar-refractivity contribution in [2.75, 3.05) is 0 Å². The fourth-order valence-corrected chi connectivity index (χ4v) is 6.29. The molecule has 4 aliphatic rings. The van der Waals surface area contributed by atoms with Crippen LogP contribution in [0.4, 0.5) is 0 Å². The van der Waals surface area contributed by atoms with Crippen molar-refractivity contribution in [3.8, 4) is 0 Å². The fraction of sp³-hybridized carbons (Fsp3) is 0.929. The molecule has 6 unspecified atom stereocenters. The van der Waals surface area contributed by atoms with E-state index < -0.39 is 0 Å². The van der Waals surface area contributed by atoms with Gasteiger partial charge in [-0.3, -0.25) is 4.79 Å². The zero-order valence-corrected chi connectivity index (χ0v) is 9.95. The van der Waals surface area contributed by atoms with E-state index in [9.17, 15) is 4.79 Å². The highest BCUT2D eigenvalue weighted by atomic mass is 16.5. The van der Waals surface area contributed by atoms with E-state index in [0.29, 0.717) is 17.3 Å². The third-order valence-electron chi connectivity index (χ3n) is 6.66. The van der Waals surface area contributed by atoms with Crippen LogP contribution in [0.5, 0.6) is 0 Å². The van der Waals surface area contributed by atoms with Gasteiger partial charge in [-0.2, -0.15) is 0 Å². The van der Waals surface area contributed by atoms with E-state index in [2.05, 4.69) is 6.92 Å². The van der Waals surface area contributed by atoms with Gasteiger partial charge >= 0.3 is 0 Å². The SMILES string of the molecule is CCC1(OC=O)C2CC3CC4CC1C4(C3)C2. The summed E-state index contributed by atoms with van der Waals surface area (Å²) in [6.45, 7) is 2.93. The van der Waals surface area contributed by atoms with E-state index in [0.717, 1.165) is 24.7 Å². The standard InChI is InChI=1S/C14H20O2/c1-2-14(16-8-15)11-4-9-3-10-5-12(14)13(10,6-9)7-11/h8-12H,2-7H2,1H3. The van der Waals surface area contributed by atoms with E-state index >= 15 is 0 Å². The third kappa shape index (κ3) is 0.761. The van der Waals surface area contributed by atoms with Crippen LogP contribution >= 0.6 is 0 Å². The summed E-state index contributed by atoms with van der Waals surface area (Å²) >= 11 is 0. The monoisotopic (exact) mass is 220 g/mol. The van der Waals surface area contributed by atoms with Gasteiger partial charge in [-0.1, -0.05) is 6.92 Å². The summed E-state index contributed by atoms with van der Waals surface area (Å²) in [4.78, 5) is 10.9. The van der Waals surface area contributed by atoms with Crippen LogP contribution in [0.1, 0.15) is 45.4 Å². The van der Waals surface area contributed by atoms with E-state index in [1.54, 1.807) is 0 Å². The lowest BCUT2D eigenvalue weighted by atomic mass is 9.53. The van der Waals surface area contributed by atoms with Crippen molar-refractivity contribution in [3.05, 3.63) is 0 Å². The van der Waals surface area contributed by atoms with Gasteiger partial charge in [0.05, 0.1) is 0 Å². The molecule has 0 N–H and O–H groups in total. The fourth-order valence-electron chi connectivity index (χ4n) is 6.29. The zero-order chi connectivity index (χ0) is 11.0. The van der Waals surface area contributed by atoms with Crippen LogP contribution in [0.25, 0.3) is 0 Å². The molecule has 0 aromatic rings. The molecule has 0 aliphatic heterocycles. The Morgan fingerprint density at radius 3 is 2.81 bits per heavy atom. The molecule has 4 aliphatic carbocycles. The van der Waals surface area contributed by atoms with Crippen molar-refractivity contribution in [3.63, 3.8) is 0 Å². The van der Waals surface area contributed by atoms with Gasteiger partial charge in [-0.05, 0) is 61.7 Å². The zero-order valence-electron chi connectivity index (χ0n) is 9.95. The number of hydrogen-bond donors (Lipinski definition) is 0. The van der Waals surface area contributed by atoms with Gasteiger partial charge in [0.2, 0.25) is 0 Å². The second-order valence-corrected chi connectivity index (χ2v) is 6.68. The molecule has 0 saturated heterocycles. The Labute approximate surface area is 96.7 Å². The molecule has 0 amide bonds. The first-order valence-electron chi connectivity index (χ1n) is 6.86. The maximum Gasteiger partial charge on any atom is 0.293 e. The highest BCUT2D eigenvalue weighted by molar-refractivity contribution is 5.40. The summed E-state index contributed by atoms with van der Waals surface area (Å²) in [7, 11) is 0. The highest BCUT2D eigenvalue weighted by Crippen LogP contribution is 2.79. The second-order valence-electron chi connectivity index (χ2n) is 6.68. The Bertz CT molecular complexity index is 353. The Kier molecular flexibility index (Phi) is 1.57. The Balaban J connectivity index is 1.79. The van der Waals surface area contributed by atoms with Crippen molar-refractivity contribution in [2.45, 2.75) is 51.0 Å². The summed E-state index contributed by atoms with van der Waals surface area (Å²) in [6.07, 6.45) is 7.99. The lowest BCUT2D eigenvalue weighted by Crippen LogP contribution is -2.52. The maximum absolute atomic E-state index is 10.9. The molecule has 6 atom stereocenters. The topological polar surface area (TPSA) is 26.3 Å². The molecule has 1 spiro atoms. The van der Waals surface area contributed by atoms with Crippen molar-refractivity contribution in [1.29, 1.82) is 0 Å². The normalized spacial score (nSPS) is 60.6. The minimum atomic E-state index is -0.0621. The second kappa shape index (κ2) is 2.65. The molecule has 16 heavy (non-hydrogen) atoms. The van der Waals surface area contributed by atoms with Crippen LogP contribution in [-0.2, 0) is 9.53 Å². The van der Waals surface area contributed by atoms with Crippen molar-refractivity contribution < 1.29 is 9.53 Å². The quantitative estimate of drug-likeness (QED) is 0.684. The van der Waals surface area contributed by atoms with Crippen LogP contribution in [0, 0.1) is 29.1 Å². The highest BCUT2D eigenvalue weighted by Gasteiger charge is 2.75. The number of fused-ring (bicyclic) bond motifs is 2. The van der Waals surface area contributed by atoms with Crippen LogP contribution in [-0.4, -0.2) is 12.1 Å². The number of carbonyl (C=O) groups is 1. The number of rotatable bonds is 3. The molecular weight excluding hydrogens is 200 g/mol. The molecule has 0 radical (unpaired) electrons. The van der Waals surface area contributed by atoms with Crippen molar-refractivity contribution >= 4 is 6.47 Å². The largest absolute Gasteiger partial charge is 0.461 e. The Morgan fingerprint density at radius 1 is 1.25 bits per heavy atom. The molecule has 4 rings (SSSR count). The van der Waals surface area contributed by atoms with Crippen LogP contribution < -0.4 is 0 Å². The molecule has 2 nitrogen and oxygen atoms in total. The maximum atomic E-state index is 10.9. The van der Waals surface area contributed by atoms with Gasteiger partial charge in [0.15, 0.2) is 0 Å². The molecule has 3 bridgehead atoms. The Hall–Kier alpha value is -0.530.